The van der Waals surface area contributed by atoms with Crippen molar-refractivity contribution in [3.05, 3.63) is 40.0 Å². The van der Waals surface area contributed by atoms with Gasteiger partial charge in [0.05, 0.1) is 12.1 Å². The highest BCUT2D eigenvalue weighted by atomic mass is 35.5. The molecule has 2 aromatic rings. The van der Waals surface area contributed by atoms with Crippen LogP contribution in [0.3, 0.4) is 0 Å². The Morgan fingerprint density at radius 2 is 1.94 bits per heavy atom. The van der Waals surface area contributed by atoms with E-state index >= 15 is 0 Å². The third-order valence-electron chi connectivity index (χ3n) is 3.19. The highest BCUT2D eigenvalue weighted by Crippen LogP contribution is 2.30. The van der Waals surface area contributed by atoms with Crippen LogP contribution < -0.4 is 0 Å². The maximum absolute atomic E-state index is 9.53. The molecule has 1 aromatic heterocycles. The number of benzene rings is 1. The normalized spacial score (nSPS) is 12.1. The molecule has 0 bridgehead atoms. The summed E-state index contributed by atoms with van der Waals surface area (Å²) in [6, 6.07) is 5.77. The number of aromatic nitrogens is 1. The first-order chi connectivity index (χ1) is 8.34. The van der Waals surface area contributed by atoms with Crippen LogP contribution in [0.5, 0.6) is 0 Å². The van der Waals surface area contributed by atoms with Gasteiger partial charge in [0, 0.05) is 21.5 Å². The molecule has 0 atom stereocenters. The van der Waals surface area contributed by atoms with Crippen molar-refractivity contribution >= 4 is 22.5 Å². The SMILES string of the molecule is Cc1c(Cl)ccc2c(CO)cc(C(C)(C)C)nc12. The summed E-state index contributed by atoms with van der Waals surface area (Å²) in [5, 5.41) is 11.2. The molecule has 1 heterocycles. The van der Waals surface area contributed by atoms with Gasteiger partial charge >= 0.3 is 0 Å². The van der Waals surface area contributed by atoms with Crippen LogP contribution in [0.4, 0.5) is 0 Å². The van der Waals surface area contributed by atoms with E-state index in [4.69, 9.17) is 16.6 Å². The lowest BCUT2D eigenvalue weighted by Gasteiger charge is -2.20. The van der Waals surface area contributed by atoms with E-state index < -0.39 is 0 Å². The summed E-state index contributed by atoms with van der Waals surface area (Å²) in [5.74, 6) is 0. The molecule has 2 rings (SSSR count). The van der Waals surface area contributed by atoms with Crippen molar-refractivity contribution in [3.63, 3.8) is 0 Å². The predicted molar refractivity (Wildman–Crippen MR) is 76.1 cm³/mol. The molecule has 0 saturated heterocycles. The monoisotopic (exact) mass is 263 g/mol. The van der Waals surface area contributed by atoms with E-state index in [0.29, 0.717) is 5.02 Å². The Bertz CT molecular complexity index is 599. The molecule has 1 aromatic carbocycles. The first-order valence-electron chi connectivity index (χ1n) is 6.04. The molecule has 0 spiro atoms. The van der Waals surface area contributed by atoms with E-state index in [1.165, 1.54) is 0 Å². The van der Waals surface area contributed by atoms with Crippen LogP contribution in [0.25, 0.3) is 10.9 Å². The number of halogens is 1. The molecule has 0 fully saturated rings. The average molecular weight is 264 g/mol. The molecule has 0 aliphatic carbocycles. The summed E-state index contributed by atoms with van der Waals surface area (Å²) in [6.07, 6.45) is 0. The molecule has 2 nitrogen and oxygen atoms in total. The summed E-state index contributed by atoms with van der Waals surface area (Å²) < 4.78 is 0. The van der Waals surface area contributed by atoms with Crippen molar-refractivity contribution in [2.75, 3.05) is 0 Å². The predicted octanol–water partition coefficient (Wildman–Crippen LogP) is 3.99. The minimum atomic E-state index is -0.0487. The molecule has 0 amide bonds. The van der Waals surface area contributed by atoms with Crippen molar-refractivity contribution in [1.29, 1.82) is 0 Å². The quantitative estimate of drug-likeness (QED) is 0.844. The third kappa shape index (κ3) is 2.23. The molecule has 0 aliphatic heterocycles. The lowest BCUT2D eigenvalue weighted by molar-refractivity contribution is 0.283. The van der Waals surface area contributed by atoms with Gasteiger partial charge in [-0.3, -0.25) is 4.98 Å². The Labute approximate surface area is 113 Å². The van der Waals surface area contributed by atoms with Gasteiger partial charge in [-0.25, -0.2) is 0 Å². The van der Waals surface area contributed by atoms with Crippen LogP contribution in [0.2, 0.25) is 5.02 Å². The largest absolute Gasteiger partial charge is 0.392 e. The van der Waals surface area contributed by atoms with E-state index in [0.717, 1.165) is 27.7 Å². The maximum Gasteiger partial charge on any atom is 0.0753 e. The Morgan fingerprint density at radius 3 is 2.50 bits per heavy atom. The summed E-state index contributed by atoms with van der Waals surface area (Å²) in [6.45, 7) is 8.32. The van der Waals surface area contributed by atoms with Gasteiger partial charge in [0.15, 0.2) is 0 Å². The molecular weight excluding hydrogens is 246 g/mol. The topological polar surface area (TPSA) is 33.1 Å². The lowest BCUT2D eigenvalue weighted by atomic mass is 9.89. The summed E-state index contributed by atoms with van der Waals surface area (Å²) in [4.78, 5) is 4.72. The second-order valence-electron chi connectivity index (χ2n) is 5.64. The summed E-state index contributed by atoms with van der Waals surface area (Å²) >= 11 is 6.15. The number of aliphatic hydroxyl groups excluding tert-OH is 1. The molecule has 0 saturated carbocycles. The van der Waals surface area contributed by atoms with Crippen molar-refractivity contribution in [2.24, 2.45) is 0 Å². The standard InChI is InChI=1S/C15H18ClNO/c1-9-12(16)6-5-11-10(8-18)7-13(15(2,3)4)17-14(9)11/h5-7,18H,8H2,1-4H3. The van der Waals surface area contributed by atoms with Gasteiger partial charge in [-0.05, 0) is 30.2 Å². The fraction of sp³-hybridized carbons (Fsp3) is 0.400. The molecule has 0 unspecified atom stereocenters. The van der Waals surface area contributed by atoms with Gasteiger partial charge in [-0.2, -0.15) is 0 Å². The van der Waals surface area contributed by atoms with Crippen LogP contribution in [-0.4, -0.2) is 10.1 Å². The first kappa shape index (κ1) is 13.3. The van der Waals surface area contributed by atoms with E-state index in [-0.39, 0.29) is 12.0 Å². The fourth-order valence-electron chi connectivity index (χ4n) is 1.99. The zero-order chi connectivity index (χ0) is 13.5. The van der Waals surface area contributed by atoms with Crippen molar-refractivity contribution in [3.8, 4) is 0 Å². The molecule has 0 radical (unpaired) electrons. The van der Waals surface area contributed by atoms with Gasteiger partial charge in [0.25, 0.3) is 0 Å². The number of aliphatic hydroxyl groups is 1. The highest BCUT2D eigenvalue weighted by Gasteiger charge is 2.18. The van der Waals surface area contributed by atoms with Crippen LogP contribution in [0.15, 0.2) is 18.2 Å². The summed E-state index contributed by atoms with van der Waals surface area (Å²) in [7, 11) is 0. The van der Waals surface area contributed by atoms with Crippen LogP contribution >= 0.6 is 11.6 Å². The number of fused-ring (bicyclic) bond motifs is 1. The number of rotatable bonds is 1. The second-order valence-corrected chi connectivity index (χ2v) is 6.05. The number of pyridine rings is 1. The van der Waals surface area contributed by atoms with Gasteiger partial charge in [-0.15, -0.1) is 0 Å². The average Bonchev–Trinajstić information content (AvgIpc) is 2.31. The number of aryl methyl sites for hydroxylation is 1. The van der Waals surface area contributed by atoms with E-state index in [9.17, 15) is 5.11 Å². The minimum absolute atomic E-state index is 0.0170. The Kier molecular flexibility index (Phi) is 3.35. The van der Waals surface area contributed by atoms with E-state index in [1.807, 2.05) is 25.1 Å². The Morgan fingerprint density at radius 1 is 1.28 bits per heavy atom. The third-order valence-corrected chi connectivity index (χ3v) is 3.60. The highest BCUT2D eigenvalue weighted by molar-refractivity contribution is 6.32. The summed E-state index contributed by atoms with van der Waals surface area (Å²) in [5.41, 5.74) is 3.69. The number of hydrogen-bond acceptors (Lipinski definition) is 2. The van der Waals surface area contributed by atoms with Crippen molar-refractivity contribution < 1.29 is 5.11 Å². The molecule has 1 N–H and O–H groups in total. The smallest absolute Gasteiger partial charge is 0.0753 e. The minimum Gasteiger partial charge on any atom is -0.392 e. The number of hydrogen-bond donors (Lipinski definition) is 1. The molecular formula is C15H18ClNO. The zero-order valence-corrected chi connectivity index (χ0v) is 12.0. The Hall–Kier alpha value is -1.12. The maximum atomic E-state index is 9.53. The van der Waals surface area contributed by atoms with Gasteiger partial charge in [0.1, 0.15) is 0 Å². The number of nitrogens with zero attached hydrogens (tertiary/aromatic N) is 1. The second kappa shape index (κ2) is 4.52. The zero-order valence-electron chi connectivity index (χ0n) is 11.2. The fourth-order valence-corrected chi connectivity index (χ4v) is 2.14. The van der Waals surface area contributed by atoms with Crippen molar-refractivity contribution in [2.45, 2.75) is 39.7 Å². The van der Waals surface area contributed by atoms with Gasteiger partial charge in [0.2, 0.25) is 0 Å². The van der Waals surface area contributed by atoms with Gasteiger partial charge < -0.3 is 5.11 Å². The van der Waals surface area contributed by atoms with Gasteiger partial charge in [-0.1, -0.05) is 38.4 Å². The van der Waals surface area contributed by atoms with Crippen LogP contribution in [-0.2, 0) is 12.0 Å². The molecule has 0 aliphatic rings. The lowest BCUT2D eigenvalue weighted by Crippen LogP contribution is -2.14. The molecule has 3 heteroatoms. The van der Waals surface area contributed by atoms with Crippen molar-refractivity contribution in [1.82, 2.24) is 4.98 Å². The molecule has 96 valence electrons. The Balaban J connectivity index is 2.85. The van der Waals surface area contributed by atoms with Crippen LogP contribution in [0.1, 0.15) is 37.6 Å². The molecule has 18 heavy (non-hydrogen) atoms. The van der Waals surface area contributed by atoms with Crippen LogP contribution in [0, 0.1) is 6.92 Å². The first-order valence-corrected chi connectivity index (χ1v) is 6.42. The van der Waals surface area contributed by atoms with E-state index in [1.54, 1.807) is 0 Å². The van der Waals surface area contributed by atoms with E-state index in [2.05, 4.69) is 20.8 Å².